The molecule has 2 aliphatic heterocycles. The van der Waals surface area contributed by atoms with E-state index in [2.05, 4.69) is 4.99 Å². The van der Waals surface area contributed by atoms with Crippen molar-refractivity contribution in [1.29, 1.82) is 0 Å². The van der Waals surface area contributed by atoms with Crippen molar-refractivity contribution in [2.24, 2.45) is 4.99 Å². The van der Waals surface area contributed by atoms with Crippen LogP contribution in [0.2, 0.25) is 0 Å². The number of carbonyl (C=O) groups is 3. The predicted molar refractivity (Wildman–Crippen MR) is 121 cm³/mol. The first kappa shape index (κ1) is 25.9. The van der Waals surface area contributed by atoms with Crippen LogP contribution in [-0.2, 0) is 9.53 Å². The van der Waals surface area contributed by atoms with Crippen LogP contribution >= 0.6 is 0 Å². The largest absolute Gasteiger partial charge is 0.493 e. The molecule has 3 amide bonds. The number of rotatable bonds is 11. The minimum absolute atomic E-state index is 0.00468. The smallest absolute Gasteiger partial charge is 0.338 e. The number of imide groups is 1. The molecule has 35 heavy (non-hydrogen) atoms. The molecule has 1 aromatic carbocycles. The summed E-state index contributed by atoms with van der Waals surface area (Å²) >= 11 is 0. The molecule has 2 N–H and O–H groups in total. The first-order chi connectivity index (χ1) is 16.8. The lowest BCUT2D eigenvalue weighted by Crippen LogP contribution is -2.63. The van der Waals surface area contributed by atoms with Crippen LogP contribution in [0.4, 0.5) is 4.79 Å². The monoisotopic (exact) mass is 493 g/mol. The summed E-state index contributed by atoms with van der Waals surface area (Å²) in [5.74, 6) is 0.0325. The van der Waals surface area contributed by atoms with Crippen LogP contribution in [0.3, 0.4) is 0 Å². The fourth-order valence-electron chi connectivity index (χ4n) is 3.79. The predicted octanol–water partition coefficient (Wildman–Crippen LogP) is -0.672. The summed E-state index contributed by atoms with van der Waals surface area (Å²) in [4.78, 5) is 44.7. The zero-order chi connectivity index (χ0) is 25.7. The van der Waals surface area contributed by atoms with E-state index in [-0.39, 0.29) is 37.5 Å². The Balaban J connectivity index is 1.61. The molecule has 1 saturated heterocycles. The summed E-state index contributed by atoms with van der Waals surface area (Å²) in [5, 5.41) is 18.9. The van der Waals surface area contributed by atoms with E-state index < -0.39 is 36.7 Å². The number of β-amino-alcohol motifs (C(OH)–C–C–N with tert-alkyl or cyclic N) is 1. The number of aliphatic imine (C=N–C) groups is 1. The summed E-state index contributed by atoms with van der Waals surface area (Å²) in [6.45, 7) is -0.551. The van der Waals surface area contributed by atoms with E-state index in [1.165, 1.54) is 56.3 Å². The third-order valence-electron chi connectivity index (χ3n) is 5.57. The number of nitrogens with zero attached hydrogens (tertiary/aromatic N) is 4. The number of amides is 3. The van der Waals surface area contributed by atoms with Gasteiger partial charge in [-0.3, -0.25) is 14.6 Å². The lowest BCUT2D eigenvalue weighted by atomic mass is 10.1. The number of hydrogen-bond donors (Lipinski definition) is 2. The van der Waals surface area contributed by atoms with Crippen LogP contribution in [0.1, 0.15) is 16.8 Å². The Morgan fingerprint density at radius 3 is 2.40 bits per heavy atom. The Kier molecular flexibility index (Phi) is 8.25. The van der Waals surface area contributed by atoms with Crippen LogP contribution < -0.4 is 14.2 Å². The number of amidine groups is 1. The van der Waals surface area contributed by atoms with Gasteiger partial charge in [-0.15, -0.1) is 0 Å². The highest BCUT2D eigenvalue weighted by Crippen LogP contribution is 2.38. The molecule has 0 bridgehead atoms. The van der Waals surface area contributed by atoms with Gasteiger partial charge in [0.1, 0.15) is 12.6 Å². The van der Waals surface area contributed by atoms with Gasteiger partial charge in [0.15, 0.2) is 11.5 Å². The molecule has 13 heteroatoms. The van der Waals surface area contributed by atoms with E-state index in [4.69, 9.17) is 24.1 Å². The molecule has 2 aliphatic rings. The maximum atomic E-state index is 13.0. The van der Waals surface area contributed by atoms with Gasteiger partial charge in [-0.1, -0.05) is 0 Å². The van der Waals surface area contributed by atoms with Gasteiger partial charge in [-0.05, 0) is 23.5 Å². The molecule has 1 aromatic rings. The van der Waals surface area contributed by atoms with Crippen molar-refractivity contribution in [2.75, 3.05) is 54.7 Å². The molecule has 2 unspecified atom stereocenters. The van der Waals surface area contributed by atoms with Gasteiger partial charge in [0.2, 0.25) is 5.75 Å². The first-order valence-electron chi connectivity index (χ1n) is 10.8. The lowest BCUT2D eigenvalue weighted by Gasteiger charge is -2.33. The van der Waals surface area contributed by atoms with Crippen molar-refractivity contribution in [3.05, 3.63) is 17.7 Å². The SMILES string of the molecule is COc1cc(C(=O)OCCCN2C(=O)C3C(=NC=[N+]3CC(O)CO)N(C)C2=O)cc(OC)c1OC. The Morgan fingerprint density at radius 1 is 1.17 bits per heavy atom. The van der Waals surface area contributed by atoms with Crippen molar-refractivity contribution in [3.8, 4) is 17.2 Å². The zero-order valence-electron chi connectivity index (χ0n) is 20.0. The average Bonchev–Trinajstić information content (AvgIpc) is 3.29. The van der Waals surface area contributed by atoms with E-state index in [0.717, 1.165) is 4.90 Å². The highest BCUT2D eigenvalue weighted by Gasteiger charge is 2.51. The Labute approximate surface area is 201 Å². The second-order valence-electron chi connectivity index (χ2n) is 7.77. The minimum atomic E-state index is -1.07. The highest BCUT2D eigenvalue weighted by atomic mass is 16.5. The Hall–Kier alpha value is -3.71. The van der Waals surface area contributed by atoms with E-state index in [9.17, 15) is 19.5 Å². The van der Waals surface area contributed by atoms with Crippen molar-refractivity contribution < 1.29 is 48.1 Å². The van der Waals surface area contributed by atoms with Crippen LogP contribution in [0.15, 0.2) is 17.1 Å². The van der Waals surface area contributed by atoms with Crippen LogP contribution in [0, 0.1) is 0 Å². The molecule has 2 heterocycles. The standard InChI is InChI=1S/C22H29N4O9/c1-24-19-17(25(12-23-19)10-14(28)11-27)20(29)26(22(24)31)6-5-7-35-21(30)13-8-15(32-2)18(34-4)16(9-13)33-3/h8-9,12,14,17,27-28H,5-7,10-11H2,1-4H3/q+1. The molecule has 190 valence electrons. The summed E-state index contributed by atoms with van der Waals surface area (Å²) < 4.78 is 22.5. The normalized spacial score (nSPS) is 18.1. The molecule has 0 saturated carbocycles. The van der Waals surface area contributed by atoms with Gasteiger partial charge in [-0.2, -0.15) is 0 Å². The molecule has 0 spiro atoms. The molecule has 0 aromatic heterocycles. The van der Waals surface area contributed by atoms with Crippen molar-refractivity contribution in [1.82, 2.24) is 9.80 Å². The molecule has 2 atom stereocenters. The second-order valence-corrected chi connectivity index (χ2v) is 7.77. The lowest BCUT2D eigenvalue weighted by molar-refractivity contribution is -0.540. The number of aliphatic hydroxyl groups is 2. The van der Waals surface area contributed by atoms with Gasteiger partial charge in [-0.25, -0.2) is 14.2 Å². The fraction of sp³-hybridized carbons (Fsp3) is 0.500. The molecular weight excluding hydrogens is 464 g/mol. The Bertz CT molecular complexity index is 1030. The zero-order valence-corrected chi connectivity index (χ0v) is 20.0. The number of benzene rings is 1. The number of likely N-dealkylation sites (N-methyl/N-ethyl adjacent to an activating group) is 1. The third-order valence-corrected chi connectivity index (χ3v) is 5.57. The van der Waals surface area contributed by atoms with Gasteiger partial charge in [0.05, 0.1) is 40.1 Å². The maximum Gasteiger partial charge on any atom is 0.338 e. The quantitative estimate of drug-likeness (QED) is 0.232. The molecule has 1 fully saturated rings. The highest BCUT2D eigenvalue weighted by molar-refractivity contribution is 6.21. The summed E-state index contributed by atoms with van der Waals surface area (Å²) in [7, 11) is 5.81. The topological polar surface area (TPSA) is 150 Å². The number of fused-ring (bicyclic) bond motifs is 1. The van der Waals surface area contributed by atoms with Gasteiger partial charge in [0, 0.05) is 13.6 Å². The number of urea groups is 1. The minimum Gasteiger partial charge on any atom is -0.493 e. The van der Waals surface area contributed by atoms with E-state index in [0.29, 0.717) is 17.2 Å². The number of ether oxygens (including phenoxy) is 4. The third kappa shape index (κ3) is 5.20. The Morgan fingerprint density at radius 2 is 1.83 bits per heavy atom. The van der Waals surface area contributed by atoms with Crippen LogP contribution in [0.5, 0.6) is 17.2 Å². The number of methoxy groups -OCH3 is 3. The first-order valence-corrected chi connectivity index (χ1v) is 10.8. The van der Waals surface area contributed by atoms with Crippen molar-refractivity contribution in [2.45, 2.75) is 18.6 Å². The van der Waals surface area contributed by atoms with E-state index in [1.807, 2.05) is 0 Å². The molecule has 0 aliphatic carbocycles. The summed E-state index contributed by atoms with van der Waals surface area (Å²) in [6, 6.07) is 1.48. The summed E-state index contributed by atoms with van der Waals surface area (Å²) in [5.41, 5.74) is 0.185. The van der Waals surface area contributed by atoms with Gasteiger partial charge >= 0.3 is 12.0 Å². The van der Waals surface area contributed by atoms with Crippen molar-refractivity contribution >= 4 is 30.1 Å². The second kappa shape index (κ2) is 11.1. The van der Waals surface area contributed by atoms with E-state index in [1.54, 1.807) is 0 Å². The number of esters is 1. The number of carbonyl (C=O) groups excluding carboxylic acids is 3. The average molecular weight is 493 g/mol. The van der Waals surface area contributed by atoms with E-state index >= 15 is 0 Å². The van der Waals surface area contributed by atoms with Gasteiger partial charge in [0.25, 0.3) is 24.1 Å². The fourth-order valence-corrected chi connectivity index (χ4v) is 3.79. The molecule has 0 radical (unpaired) electrons. The number of aliphatic hydroxyl groups excluding tert-OH is 2. The van der Waals surface area contributed by atoms with Gasteiger partial charge < -0.3 is 29.2 Å². The molecular formula is C22H29N4O9+. The summed E-state index contributed by atoms with van der Waals surface area (Å²) in [6.07, 6.45) is 0.493. The van der Waals surface area contributed by atoms with Crippen LogP contribution in [0.25, 0.3) is 0 Å². The van der Waals surface area contributed by atoms with Crippen molar-refractivity contribution in [3.63, 3.8) is 0 Å². The molecule has 13 nitrogen and oxygen atoms in total. The maximum absolute atomic E-state index is 13.0. The van der Waals surface area contributed by atoms with Crippen LogP contribution in [-0.4, -0.2) is 121 Å². The number of hydrogen-bond acceptors (Lipinski definition) is 10. The molecule has 3 rings (SSSR count).